The van der Waals surface area contributed by atoms with Crippen molar-refractivity contribution in [1.29, 1.82) is 0 Å². The second kappa shape index (κ2) is 5.01. The summed E-state index contributed by atoms with van der Waals surface area (Å²) in [5.74, 6) is 0.419. The number of thiocarbonyl (C=S) groups is 1. The van der Waals surface area contributed by atoms with Crippen LogP contribution in [-0.2, 0) is 9.84 Å². The monoisotopic (exact) mass is 270 g/mol. The molecule has 2 N–H and O–H groups in total. The second-order valence-electron chi connectivity index (χ2n) is 4.06. The summed E-state index contributed by atoms with van der Waals surface area (Å²) in [5, 5.41) is 6.52. The topological polar surface area (TPSA) is 58.2 Å². The molecular formula is C11H14N2O2S2. The van der Waals surface area contributed by atoms with E-state index in [1.54, 1.807) is 0 Å². The van der Waals surface area contributed by atoms with Gasteiger partial charge in [-0.05, 0) is 30.8 Å². The van der Waals surface area contributed by atoms with E-state index in [0.717, 1.165) is 5.69 Å². The number of sulfone groups is 1. The van der Waals surface area contributed by atoms with E-state index in [9.17, 15) is 8.42 Å². The van der Waals surface area contributed by atoms with E-state index in [4.69, 9.17) is 12.2 Å². The SMILES string of the molecule is O=S1(=O)CC[C@@H](NC(=S)Nc2ccccc2)C1. The summed E-state index contributed by atoms with van der Waals surface area (Å²) in [5.41, 5.74) is 0.894. The molecule has 1 aliphatic rings. The fourth-order valence-electron chi connectivity index (χ4n) is 1.78. The molecule has 1 aliphatic heterocycles. The number of benzene rings is 1. The molecule has 1 fully saturated rings. The molecule has 17 heavy (non-hydrogen) atoms. The Morgan fingerprint density at radius 3 is 2.59 bits per heavy atom. The molecule has 2 rings (SSSR count). The molecular weight excluding hydrogens is 256 g/mol. The zero-order valence-corrected chi connectivity index (χ0v) is 10.9. The second-order valence-corrected chi connectivity index (χ2v) is 6.70. The van der Waals surface area contributed by atoms with Crippen LogP contribution in [0.3, 0.4) is 0 Å². The first-order chi connectivity index (χ1) is 8.05. The van der Waals surface area contributed by atoms with Crippen molar-refractivity contribution in [2.24, 2.45) is 0 Å². The molecule has 1 heterocycles. The minimum Gasteiger partial charge on any atom is -0.359 e. The highest BCUT2D eigenvalue weighted by atomic mass is 32.2. The van der Waals surface area contributed by atoms with Gasteiger partial charge in [-0.2, -0.15) is 0 Å². The Kier molecular flexibility index (Phi) is 3.63. The standard InChI is InChI=1S/C11H14N2O2S2/c14-17(15)7-6-10(8-17)13-11(16)12-9-4-2-1-3-5-9/h1-5,10H,6-8H2,(H2,12,13,16)/t10-/m1/s1. The summed E-state index contributed by atoms with van der Waals surface area (Å²) >= 11 is 5.13. The Balaban J connectivity index is 1.87. The molecule has 0 unspecified atom stereocenters. The van der Waals surface area contributed by atoms with E-state index < -0.39 is 9.84 Å². The normalized spacial score (nSPS) is 22.0. The molecule has 92 valence electrons. The molecule has 0 bridgehead atoms. The van der Waals surface area contributed by atoms with Crippen LogP contribution in [-0.4, -0.2) is 31.1 Å². The quantitative estimate of drug-likeness (QED) is 0.790. The zero-order chi connectivity index (χ0) is 12.3. The highest BCUT2D eigenvalue weighted by molar-refractivity contribution is 7.91. The average molecular weight is 270 g/mol. The molecule has 0 saturated carbocycles. The largest absolute Gasteiger partial charge is 0.359 e. The van der Waals surface area contributed by atoms with Gasteiger partial charge in [-0.25, -0.2) is 8.42 Å². The molecule has 1 aromatic rings. The molecule has 0 radical (unpaired) electrons. The van der Waals surface area contributed by atoms with Crippen molar-refractivity contribution < 1.29 is 8.42 Å². The molecule has 4 nitrogen and oxygen atoms in total. The zero-order valence-electron chi connectivity index (χ0n) is 9.22. The van der Waals surface area contributed by atoms with Gasteiger partial charge >= 0.3 is 0 Å². The van der Waals surface area contributed by atoms with E-state index in [2.05, 4.69) is 10.6 Å². The van der Waals surface area contributed by atoms with Gasteiger partial charge in [0.2, 0.25) is 0 Å². The summed E-state index contributed by atoms with van der Waals surface area (Å²) in [6.45, 7) is 0. The maximum atomic E-state index is 11.3. The molecule has 0 aliphatic carbocycles. The van der Waals surface area contributed by atoms with E-state index in [1.165, 1.54) is 0 Å². The van der Waals surface area contributed by atoms with Crippen molar-refractivity contribution >= 4 is 32.9 Å². The third kappa shape index (κ3) is 3.67. The van der Waals surface area contributed by atoms with Crippen LogP contribution in [0, 0.1) is 0 Å². The van der Waals surface area contributed by atoms with Gasteiger partial charge in [0, 0.05) is 11.7 Å². The van der Waals surface area contributed by atoms with Crippen molar-refractivity contribution in [2.45, 2.75) is 12.5 Å². The third-order valence-electron chi connectivity index (χ3n) is 2.60. The lowest BCUT2D eigenvalue weighted by Gasteiger charge is -2.14. The van der Waals surface area contributed by atoms with Crippen molar-refractivity contribution in [1.82, 2.24) is 5.32 Å². The average Bonchev–Trinajstić information content (AvgIpc) is 2.59. The maximum Gasteiger partial charge on any atom is 0.171 e. The molecule has 1 atom stereocenters. The lowest BCUT2D eigenvalue weighted by molar-refractivity contribution is 0.600. The number of nitrogens with one attached hydrogen (secondary N) is 2. The lowest BCUT2D eigenvalue weighted by Crippen LogP contribution is -2.38. The van der Waals surface area contributed by atoms with Crippen LogP contribution in [0.25, 0.3) is 0 Å². The minimum absolute atomic E-state index is 0.0660. The molecule has 1 saturated heterocycles. The third-order valence-corrected chi connectivity index (χ3v) is 4.59. The van der Waals surface area contributed by atoms with Crippen molar-refractivity contribution in [3.05, 3.63) is 30.3 Å². The van der Waals surface area contributed by atoms with Crippen molar-refractivity contribution in [2.75, 3.05) is 16.8 Å². The fraction of sp³-hybridized carbons (Fsp3) is 0.364. The number of hydrogen-bond donors (Lipinski definition) is 2. The first-order valence-electron chi connectivity index (χ1n) is 5.38. The van der Waals surface area contributed by atoms with E-state index in [-0.39, 0.29) is 17.5 Å². The van der Waals surface area contributed by atoms with Gasteiger partial charge in [0.1, 0.15) is 0 Å². The Hall–Kier alpha value is -1.14. The Labute approximate surface area is 106 Å². The first-order valence-corrected chi connectivity index (χ1v) is 7.61. The van der Waals surface area contributed by atoms with Gasteiger partial charge in [0.15, 0.2) is 14.9 Å². The fourth-order valence-corrected chi connectivity index (χ4v) is 3.74. The summed E-state index contributed by atoms with van der Waals surface area (Å²) in [4.78, 5) is 0. The number of anilines is 1. The smallest absolute Gasteiger partial charge is 0.171 e. The highest BCUT2D eigenvalue weighted by Gasteiger charge is 2.28. The molecule has 6 heteroatoms. The van der Waals surface area contributed by atoms with Gasteiger partial charge in [0.05, 0.1) is 11.5 Å². The predicted octanol–water partition coefficient (Wildman–Crippen LogP) is 1.16. The van der Waals surface area contributed by atoms with Crippen LogP contribution in [0.1, 0.15) is 6.42 Å². The Bertz CT molecular complexity index is 499. The van der Waals surface area contributed by atoms with E-state index in [1.807, 2.05) is 30.3 Å². The van der Waals surface area contributed by atoms with Crippen LogP contribution in [0.5, 0.6) is 0 Å². The summed E-state index contributed by atoms with van der Waals surface area (Å²) < 4.78 is 22.6. The van der Waals surface area contributed by atoms with Crippen LogP contribution >= 0.6 is 12.2 Å². The van der Waals surface area contributed by atoms with E-state index >= 15 is 0 Å². The van der Waals surface area contributed by atoms with Crippen LogP contribution in [0.4, 0.5) is 5.69 Å². The first kappa shape index (κ1) is 12.3. The van der Waals surface area contributed by atoms with Gasteiger partial charge < -0.3 is 10.6 Å². The Morgan fingerprint density at radius 2 is 2.00 bits per heavy atom. The lowest BCUT2D eigenvalue weighted by atomic mass is 10.3. The van der Waals surface area contributed by atoms with Gasteiger partial charge in [0.25, 0.3) is 0 Å². The van der Waals surface area contributed by atoms with E-state index in [0.29, 0.717) is 11.5 Å². The number of rotatable bonds is 2. The maximum absolute atomic E-state index is 11.3. The molecule has 0 amide bonds. The van der Waals surface area contributed by atoms with Crippen LogP contribution in [0.2, 0.25) is 0 Å². The highest BCUT2D eigenvalue weighted by Crippen LogP contribution is 2.12. The summed E-state index contributed by atoms with van der Waals surface area (Å²) in [6, 6.07) is 9.48. The Morgan fingerprint density at radius 1 is 1.29 bits per heavy atom. The summed E-state index contributed by atoms with van der Waals surface area (Å²) in [6.07, 6.45) is 0.624. The number of hydrogen-bond acceptors (Lipinski definition) is 3. The predicted molar refractivity (Wildman–Crippen MR) is 72.9 cm³/mol. The molecule has 0 aromatic heterocycles. The molecule has 0 spiro atoms. The number of para-hydroxylation sites is 1. The van der Waals surface area contributed by atoms with Crippen LogP contribution in [0.15, 0.2) is 30.3 Å². The minimum atomic E-state index is -2.86. The van der Waals surface area contributed by atoms with Gasteiger partial charge in [-0.15, -0.1) is 0 Å². The van der Waals surface area contributed by atoms with Crippen molar-refractivity contribution in [3.8, 4) is 0 Å². The van der Waals surface area contributed by atoms with Gasteiger partial charge in [-0.1, -0.05) is 18.2 Å². The van der Waals surface area contributed by atoms with Crippen molar-refractivity contribution in [3.63, 3.8) is 0 Å². The molecule has 1 aromatic carbocycles. The van der Waals surface area contributed by atoms with Gasteiger partial charge in [-0.3, -0.25) is 0 Å². The summed E-state index contributed by atoms with van der Waals surface area (Å²) in [7, 11) is -2.86. The van der Waals surface area contributed by atoms with Crippen LogP contribution < -0.4 is 10.6 Å².